The number of carbonyl (C=O) groups excluding carboxylic acids is 1. The van der Waals surface area contributed by atoms with Gasteiger partial charge in [-0.25, -0.2) is 0 Å². The third-order valence-corrected chi connectivity index (χ3v) is 4.96. The van der Waals surface area contributed by atoms with Crippen LogP contribution in [0.2, 0.25) is 0 Å². The number of thiophene rings is 1. The third kappa shape index (κ3) is 3.34. The van der Waals surface area contributed by atoms with E-state index in [1.165, 1.54) is 23.1 Å². The Kier molecular flexibility index (Phi) is 4.36. The molecule has 1 aromatic heterocycles. The van der Waals surface area contributed by atoms with Gasteiger partial charge >= 0.3 is 5.97 Å². The van der Waals surface area contributed by atoms with E-state index < -0.39 is 0 Å². The van der Waals surface area contributed by atoms with E-state index in [-0.39, 0.29) is 12.0 Å². The zero-order valence-corrected chi connectivity index (χ0v) is 12.9. The molecule has 2 aromatic rings. The molecule has 3 rings (SSSR count). The Morgan fingerprint density at radius 2 is 2.00 bits per heavy atom. The van der Waals surface area contributed by atoms with E-state index in [2.05, 4.69) is 35.6 Å². The van der Waals surface area contributed by atoms with Gasteiger partial charge in [-0.3, -0.25) is 4.79 Å². The minimum Gasteiger partial charge on any atom is -0.469 e. The monoisotopic (exact) mass is 301 g/mol. The van der Waals surface area contributed by atoms with Crippen LogP contribution >= 0.6 is 11.3 Å². The zero-order valence-electron chi connectivity index (χ0n) is 12.0. The minimum atomic E-state index is -0.170. The van der Waals surface area contributed by atoms with Crippen molar-refractivity contribution < 1.29 is 9.53 Å². The second-order valence-corrected chi connectivity index (χ2v) is 6.37. The summed E-state index contributed by atoms with van der Waals surface area (Å²) in [5.41, 5.74) is 2.83. The quantitative estimate of drug-likeness (QED) is 0.862. The fourth-order valence-electron chi connectivity index (χ4n) is 2.94. The number of nitrogens with one attached hydrogen (secondary N) is 1. The van der Waals surface area contributed by atoms with Gasteiger partial charge in [0.05, 0.1) is 19.6 Å². The summed E-state index contributed by atoms with van der Waals surface area (Å²) >= 11 is 1.68. The Morgan fingerprint density at radius 3 is 2.57 bits per heavy atom. The molecule has 0 aliphatic heterocycles. The largest absolute Gasteiger partial charge is 0.469 e. The molecular formula is C17H19NO2S. The second-order valence-electron chi connectivity index (χ2n) is 5.39. The number of benzene rings is 1. The molecule has 0 saturated heterocycles. The minimum absolute atomic E-state index is 0.0387. The number of rotatable bonds is 5. The van der Waals surface area contributed by atoms with Crippen molar-refractivity contribution in [3.8, 4) is 0 Å². The van der Waals surface area contributed by atoms with E-state index in [0.717, 1.165) is 12.8 Å². The fraction of sp³-hybridized carbons (Fsp3) is 0.353. The van der Waals surface area contributed by atoms with Crippen molar-refractivity contribution in [2.45, 2.75) is 31.3 Å². The molecule has 0 amide bonds. The van der Waals surface area contributed by atoms with Crippen LogP contribution in [0.3, 0.4) is 0 Å². The van der Waals surface area contributed by atoms with Gasteiger partial charge in [-0.05, 0) is 35.4 Å². The summed E-state index contributed by atoms with van der Waals surface area (Å²) in [5, 5.41) is 5.69. The fourth-order valence-corrected chi connectivity index (χ4v) is 3.73. The first-order chi connectivity index (χ1) is 10.3. The maximum atomic E-state index is 11.7. The first-order valence-corrected chi connectivity index (χ1v) is 8.07. The van der Waals surface area contributed by atoms with Gasteiger partial charge in [-0.1, -0.05) is 30.3 Å². The summed E-state index contributed by atoms with van der Waals surface area (Å²) in [7, 11) is 1.44. The Bertz CT molecular complexity index is 584. The third-order valence-electron chi connectivity index (χ3n) is 3.97. The molecule has 4 heteroatoms. The van der Waals surface area contributed by atoms with Crippen molar-refractivity contribution >= 4 is 17.3 Å². The van der Waals surface area contributed by atoms with Crippen molar-refractivity contribution in [2.24, 2.45) is 0 Å². The SMILES string of the molecule is COC(=O)CC(NC1Cc2ccccc2C1)c1cccs1. The highest BCUT2D eigenvalue weighted by Gasteiger charge is 2.26. The number of fused-ring (bicyclic) bond motifs is 1. The van der Waals surface area contributed by atoms with Crippen LogP contribution in [-0.2, 0) is 22.4 Å². The van der Waals surface area contributed by atoms with Crippen LogP contribution in [0.15, 0.2) is 41.8 Å². The number of methoxy groups -OCH3 is 1. The molecule has 0 fully saturated rings. The highest BCUT2D eigenvalue weighted by Crippen LogP contribution is 2.27. The van der Waals surface area contributed by atoms with Crippen LogP contribution in [0, 0.1) is 0 Å². The number of carbonyl (C=O) groups is 1. The molecule has 1 aliphatic rings. The van der Waals surface area contributed by atoms with Crippen molar-refractivity contribution in [1.82, 2.24) is 5.32 Å². The molecular weight excluding hydrogens is 282 g/mol. The van der Waals surface area contributed by atoms with E-state index >= 15 is 0 Å². The number of hydrogen-bond acceptors (Lipinski definition) is 4. The molecule has 3 nitrogen and oxygen atoms in total. The van der Waals surface area contributed by atoms with Crippen molar-refractivity contribution in [2.75, 3.05) is 7.11 Å². The van der Waals surface area contributed by atoms with Gasteiger partial charge in [0.2, 0.25) is 0 Å². The van der Waals surface area contributed by atoms with E-state index in [1.807, 2.05) is 11.4 Å². The van der Waals surface area contributed by atoms with Crippen molar-refractivity contribution in [3.63, 3.8) is 0 Å². The summed E-state index contributed by atoms with van der Waals surface area (Å²) in [6, 6.07) is 13.1. The van der Waals surface area contributed by atoms with Crippen LogP contribution in [0.4, 0.5) is 0 Å². The van der Waals surface area contributed by atoms with Gasteiger partial charge in [0.1, 0.15) is 0 Å². The maximum Gasteiger partial charge on any atom is 0.307 e. The normalized spacial score (nSPS) is 15.7. The molecule has 1 atom stereocenters. The molecule has 1 aromatic carbocycles. The number of hydrogen-bond donors (Lipinski definition) is 1. The van der Waals surface area contributed by atoms with Gasteiger partial charge in [-0.15, -0.1) is 11.3 Å². The average Bonchev–Trinajstić information content (AvgIpc) is 3.15. The lowest BCUT2D eigenvalue weighted by Crippen LogP contribution is -2.34. The number of ether oxygens (including phenoxy) is 1. The lowest BCUT2D eigenvalue weighted by Gasteiger charge is -2.21. The van der Waals surface area contributed by atoms with Gasteiger partial charge < -0.3 is 10.1 Å². The van der Waals surface area contributed by atoms with Crippen LogP contribution in [-0.4, -0.2) is 19.1 Å². The Labute approximate surface area is 129 Å². The molecule has 1 aliphatic carbocycles. The average molecular weight is 301 g/mol. The van der Waals surface area contributed by atoms with Crippen LogP contribution in [0.5, 0.6) is 0 Å². The molecule has 0 spiro atoms. The standard InChI is InChI=1S/C17H19NO2S/c1-20-17(19)11-15(16-7-4-8-21-16)18-14-9-12-5-2-3-6-13(12)10-14/h2-8,14-15,18H,9-11H2,1H3. The summed E-state index contributed by atoms with van der Waals surface area (Å²) < 4.78 is 4.83. The summed E-state index contributed by atoms with van der Waals surface area (Å²) in [6.45, 7) is 0. The van der Waals surface area contributed by atoms with Gasteiger partial charge in [-0.2, -0.15) is 0 Å². The Balaban J connectivity index is 1.70. The van der Waals surface area contributed by atoms with E-state index in [1.54, 1.807) is 11.3 Å². The maximum absolute atomic E-state index is 11.7. The van der Waals surface area contributed by atoms with Crippen LogP contribution < -0.4 is 5.32 Å². The smallest absolute Gasteiger partial charge is 0.307 e. The Hall–Kier alpha value is -1.65. The summed E-state index contributed by atoms with van der Waals surface area (Å²) in [5.74, 6) is -0.170. The molecule has 0 saturated carbocycles. The molecule has 1 unspecified atom stereocenters. The lowest BCUT2D eigenvalue weighted by molar-refractivity contribution is -0.141. The molecule has 110 valence electrons. The van der Waals surface area contributed by atoms with Gasteiger partial charge in [0.15, 0.2) is 0 Å². The molecule has 0 radical (unpaired) electrons. The Morgan fingerprint density at radius 1 is 1.29 bits per heavy atom. The van der Waals surface area contributed by atoms with E-state index in [4.69, 9.17) is 4.74 Å². The first kappa shape index (κ1) is 14.3. The van der Waals surface area contributed by atoms with Crippen LogP contribution in [0.25, 0.3) is 0 Å². The lowest BCUT2D eigenvalue weighted by atomic mass is 10.1. The van der Waals surface area contributed by atoms with E-state index in [9.17, 15) is 4.79 Å². The highest BCUT2D eigenvalue weighted by atomic mass is 32.1. The molecule has 0 bridgehead atoms. The molecule has 21 heavy (non-hydrogen) atoms. The first-order valence-electron chi connectivity index (χ1n) is 7.19. The predicted octanol–water partition coefficient (Wildman–Crippen LogP) is 3.11. The van der Waals surface area contributed by atoms with Gasteiger partial charge in [0, 0.05) is 10.9 Å². The molecule has 1 heterocycles. The summed E-state index contributed by atoms with van der Waals surface area (Å²) in [6.07, 6.45) is 2.43. The second kappa shape index (κ2) is 6.41. The van der Waals surface area contributed by atoms with Crippen molar-refractivity contribution in [3.05, 3.63) is 57.8 Å². The predicted molar refractivity (Wildman–Crippen MR) is 84.5 cm³/mol. The number of esters is 1. The van der Waals surface area contributed by atoms with E-state index in [0.29, 0.717) is 12.5 Å². The topological polar surface area (TPSA) is 38.3 Å². The van der Waals surface area contributed by atoms with Crippen molar-refractivity contribution in [1.29, 1.82) is 0 Å². The highest BCUT2D eigenvalue weighted by molar-refractivity contribution is 7.10. The summed E-state index contributed by atoms with van der Waals surface area (Å²) in [4.78, 5) is 12.8. The zero-order chi connectivity index (χ0) is 14.7. The van der Waals surface area contributed by atoms with Gasteiger partial charge in [0.25, 0.3) is 0 Å². The molecule has 1 N–H and O–H groups in total. The van der Waals surface area contributed by atoms with Crippen LogP contribution in [0.1, 0.15) is 28.5 Å².